The van der Waals surface area contributed by atoms with Crippen LogP contribution in [0.1, 0.15) is 38.7 Å². The molecular weight excluding hydrogens is 583 g/mol. The summed E-state index contributed by atoms with van der Waals surface area (Å²) in [7, 11) is 2.09. The van der Waals surface area contributed by atoms with Crippen LogP contribution in [0.3, 0.4) is 0 Å². The zero-order chi connectivity index (χ0) is 32.5. The molecule has 46 heavy (non-hydrogen) atoms. The quantitative estimate of drug-likeness (QED) is 0.276. The van der Waals surface area contributed by atoms with E-state index in [0.717, 1.165) is 25.1 Å². The van der Waals surface area contributed by atoms with E-state index >= 15 is 0 Å². The van der Waals surface area contributed by atoms with Crippen molar-refractivity contribution in [2.45, 2.75) is 45.2 Å². The lowest BCUT2D eigenvalue weighted by Gasteiger charge is -2.42. The predicted octanol–water partition coefficient (Wildman–Crippen LogP) is 5.34. The van der Waals surface area contributed by atoms with Crippen LogP contribution in [0.4, 0.5) is 10.1 Å². The van der Waals surface area contributed by atoms with Crippen LogP contribution in [0.2, 0.25) is 0 Å². The Balaban J connectivity index is 1.45. The number of fused-ring (bicyclic) bond motifs is 2. The molecule has 0 aliphatic carbocycles. The third-order valence-corrected chi connectivity index (χ3v) is 9.13. The predicted molar refractivity (Wildman–Crippen MR) is 176 cm³/mol. The van der Waals surface area contributed by atoms with Gasteiger partial charge in [0.15, 0.2) is 0 Å². The Morgan fingerprint density at radius 2 is 2.02 bits per heavy atom. The minimum atomic E-state index is -0.523. The number of nitriles is 1. The van der Waals surface area contributed by atoms with Crippen LogP contribution in [-0.4, -0.2) is 82.7 Å². The molecule has 0 radical (unpaired) electrons. The first-order chi connectivity index (χ1) is 22.2. The topological polar surface area (TPSA) is 106 Å². The summed E-state index contributed by atoms with van der Waals surface area (Å²) in [5, 5.41) is 21.3. The number of likely N-dealkylation sites (tertiary alicyclic amines) is 1. The fourth-order valence-electron chi connectivity index (χ4n) is 6.68. The summed E-state index contributed by atoms with van der Waals surface area (Å²) >= 11 is 0. The molecule has 2 atom stereocenters. The van der Waals surface area contributed by atoms with Gasteiger partial charge in [-0.3, -0.25) is 9.78 Å². The summed E-state index contributed by atoms with van der Waals surface area (Å²) in [6.07, 6.45) is 9.78. The summed E-state index contributed by atoms with van der Waals surface area (Å²) in [6.45, 7) is 6.74. The second kappa shape index (κ2) is 12.8. The molecule has 6 rings (SSSR count). The van der Waals surface area contributed by atoms with Crippen LogP contribution in [-0.2, 0) is 4.79 Å². The minimum Gasteiger partial charge on any atom is -0.508 e. The third-order valence-electron chi connectivity index (χ3n) is 9.13. The lowest BCUT2D eigenvalue weighted by Crippen LogP contribution is -2.56. The molecule has 2 aliphatic rings. The van der Waals surface area contributed by atoms with Crippen molar-refractivity contribution in [1.82, 2.24) is 19.8 Å². The first-order valence-electron chi connectivity index (χ1n) is 15.7. The minimum absolute atomic E-state index is 0.0148. The number of terminal acetylenes is 1. The Bertz CT molecular complexity index is 1900. The molecule has 9 nitrogen and oxygen atoms in total. The summed E-state index contributed by atoms with van der Waals surface area (Å²) in [5.41, 5.74) is 3.22. The van der Waals surface area contributed by atoms with Gasteiger partial charge in [-0.25, -0.2) is 9.37 Å². The van der Waals surface area contributed by atoms with Crippen molar-refractivity contribution in [3.63, 3.8) is 0 Å². The van der Waals surface area contributed by atoms with Crippen molar-refractivity contribution >= 4 is 33.4 Å². The van der Waals surface area contributed by atoms with E-state index in [0.29, 0.717) is 65.1 Å². The highest BCUT2D eigenvalue weighted by molar-refractivity contribution is 6.03. The zero-order valence-corrected chi connectivity index (χ0v) is 26.3. The van der Waals surface area contributed by atoms with Gasteiger partial charge in [-0.2, -0.15) is 5.26 Å². The number of hydrogen-bond acceptors (Lipinski definition) is 8. The number of rotatable bonds is 7. The van der Waals surface area contributed by atoms with Crippen LogP contribution in [0.15, 0.2) is 42.6 Å². The summed E-state index contributed by atoms with van der Waals surface area (Å²) in [6, 6.07) is 12.0. The fourth-order valence-corrected chi connectivity index (χ4v) is 6.68. The maximum absolute atomic E-state index is 14.8. The van der Waals surface area contributed by atoms with Gasteiger partial charge in [0.1, 0.15) is 23.7 Å². The number of halogens is 1. The van der Waals surface area contributed by atoms with E-state index in [9.17, 15) is 19.6 Å². The molecule has 1 amide bonds. The lowest BCUT2D eigenvalue weighted by atomic mass is 9.94. The van der Waals surface area contributed by atoms with Crippen LogP contribution in [0, 0.1) is 35.4 Å². The van der Waals surface area contributed by atoms with Crippen molar-refractivity contribution in [2.75, 3.05) is 44.7 Å². The van der Waals surface area contributed by atoms with Gasteiger partial charge in [-0.15, -0.1) is 6.42 Å². The number of aromatic nitrogens is 2. The fraction of sp³-hybridized carbons (Fsp3) is 0.389. The van der Waals surface area contributed by atoms with E-state index in [1.54, 1.807) is 24.4 Å². The van der Waals surface area contributed by atoms with Gasteiger partial charge in [0, 0.05) is 54.8 Å². The Morgan fingerprint density at radius 1 is 1.20 bits per heavy atom. The second-order valence-corrected chi connectivity index (χ2v) is 12.5. The van der Waals surface area contributed by atoms with E-state index < -0.39 is 5.82 Å². The van der Waals surface area contributed by atoms with E-state index in [4.69, 9.17) is 21.1 Å². The number of phenols is 1. The van der Waals surface area contributed by atoms with Crippen LogP contribution in [0.25, 0.3) is 32.9 Å². The average molecular weight is 621 g/mol. The molecule has 10 heteroatoms. The van der Waals surface area contributed by atoms with Crippen molar-refractivity contribution in [3.05, 3.63) is 54.0 Å². The van der Waals surface area contributed by atoms with E-state index in [1.807, 2.05) is 30.9 Å². The summed E-state index contributed by atoms with van der Waals surface area (Å²) in [5.74, 6) is 2.27. The largest absolute Gasteiger partial charge is 0.508 e. The molecule has 2 saturated heterocycles. The van der Waals surface area contributed by atoms with Gasteiger partial charge in [0.25, 0.3) is 0 Å². The molecule has 236 valence electrons. The Hall–Kier alpha value is -4.93. The monoisotopic (exact) mass is 620 g/mol. The molecular formula is C36H37FN6O3. The number of phenolic OH excluding ortho intramolecular Hbond substituents is 1. The van der Waals surface area contributed by atoms with Crippen LogP contribution >= 0.6 is 0 Å². The number of pyridine rings is 2. The lowest BCUT2D eigenvalue weighted by molar-refractivity contribution is -0.137. The van der Waals surface area contributed by atoms with Gasteiger partial charge in [0.05, 0.1) is 35.3 Å². The first-order valence-corrected chi connectivity index (χ1v) is 15.7. The molecule has 1 N–H and O–H groups in total. The molecule has 0 spiro atoms. The Morgan fingerprint density at radius 3 is 2.74 bits per heavy atom. The van der Waals surface area contributed by atoms with Gasteiger partial charge < -0.3 is 24.5 Å². The maximum Gasteiger partial charge on any atom is 0.225 e. The number of amides is 1. The number of nitrogens with zero attached hydrogens (tertiary/aromatic N) is 6. The molecule has 2 aliphatic heterocycles. The first kappa shape index (κ1) is 31.1. The van der Waals surface area contributed by atoms with E-state index in [2.05, 4.69) is 28.8 Å². The van der Waals surface area contributed by atoms with Gasteiger partial charge >= 0.3 is 0 Å². The highest BCUT2D eigenvalue weighted by Gasteiger charge is 2.33. The molecule has 0 bridgehead atoms. The second-order valence-electron chi connectivity index (χ2n) is 12.5. The van der Waals surface area contributed by atoms with Crippen LogP contribution < -0.4 is 9.64 Å². The van der Waals surface area contributed by atoms with E-state index in [-0.39, 0.29) is 41.6 Å². The standard InChI is InChI=1S/C36H37FN6O3/c1-5-28-30(37)9-8-23-15-27(44)17-29(34(23)28)24-16-31-35(39-19-24)32(18-33(40-31)46-21-26-7-6-12-41(26)4)42-13-14-43(36(45)22(2)3)25(20-42)10-11-38/h1,8-9,15-19,22,25-26,44H,6-7,10,12-14,20-21H2,2-4H3/t25?,26-/m0/s1. The zero-order valence-electron chi connectivity index (χ0n) is 26.3. The molecule has 2 aromatic heterocycles. The molecule has 2 aromatic carbocycles. The van der Waals surface area contributed by atoms with Gasteiger partial charge in [-0.1, -0.05) is 25.8 Å². The Labute approximate surface area is 268 Å². The number of ether oxygens (including phenoxy) is 1. The number of aromatic hydroxyl groups is 1. The highest BCUT2D eigenvalue weighted by atomic mass is 19.1. The summed E-state index contributed by atoms with van der Waals surface area (Å²) in [4.78, 5) is 29.0. The number of likely N-dealkylation sites (N-methyl/N-ethyl adjacent to an activating group) is 1. The third kappa shape index (κ3) is 5.89. The average Bonchev–Trinajstić information content (AvgIpc) is 3.46. The molecule has 2 fully saturated rings. The molecule has 4 aromatic rings. The normalized spacial score (nSPS) is 18.7. The molecule has 1 unspecified atom stereocenters. The molecule has 0 saturated carbocycles. The van der Waals surface area contributed by atoms with Crippen molar-refractivity contribution in [1.29, 1.82) is 5.26 Å². The maximum atomic E-state index is 14.8. The number of anilines is 1. The summed E-state index contributed by atoms with van der Waals surface area (Å²) < 4.78 is 21.1. The number of hydrogen-bond donors (Lipinski definition) is 1. The van der Waals surface area contributed by atoms with Crippen molar-refractivity contribution < 1.29 is 19.0 Å². The van der Waals surface area contributed by atoms with E-state index in [1.165, 1.54) is 6.07 Å². The van der Waals surface area contributed by atoms with Crippen molar-refractivity contribution in [3.8, 4) is 41.2 Å². The number of piperazine rings is 1. The number of carbonyl (C=O) groups excluding carboxylic acids is 1. The molecule has 4 heterocycles. The Kier molecular flexibility index (Phi) is 8.66. The number of carbonyl (C=O) groups is 1. The van der Waals surface area contributed by atoms with Gasteiger partial charge in [-0.05, 0) is 61.6 Å². The smallest absolute Gasteiger partial charge is 0.225 e. The highest BCUT2D eigenvalue weighted by Crippen LogP contribution is 2.38. The SMILES string of the molecule is C#Cc1c(F)ccc2cc(O)cc(-c3cnc4c(N5CCN(C(=O)C(C)C)C(CC#N)C5)cc(OC[C@@H]5CCCN5C)nc4c3)c12. The van der Waals surface area contributed by atoms with Crippen molar-refractivity contribution in [2.24, 2.45) is 5.92 Å². The number of benzene rings is 2. The van der Waals surface area contributed by atoms with Gasteiger partial charge in [0.2, 0.25) is 11.8 Å². The van der Waals surface area contributed by atoms with Crippen LogP contribution in [0.5, 0.6) is 11.6 Å².